The molecule has 1 N–H and O–H groups in total. The Kier molecular flexibility index (Phi) is 3.86. The third-order valence-electron chi connectivity index (χ3n) is 4.60. The maximum absolute atomic E-state index is 4.89. The highest BCUT2D eigenvalue weighted by atomic mass is 32.2. The standard InChI is InChI=1S/C16H22N4S/c1-5-13(17-7-1)16-19-14-6-2-8-18-15(14)20(16)10-12-4-3-9-21-11-12/h2,6,8,12-13,17H,1,3-5,7,9-11H2. The Morgan fingerprint density at radius 1 is 1.33 bits per heavy atom. The molecule has 2 atom stereocenters. The summed E-state index contributed by atoms with van der Waals surface area (Å²) in [4.78, 5) is 9.50. The highest BCUT2D eigenvalue weighted by molar-refractivity contribution is 7.99. The minimum absolute atomic E-state index is 0.412. The SMILES string of the molecule is c1cnc2c(c1)nc(C1CCCN1)n2CC1CCCSC1. The zero-order valence-electron chi connectivity index (χ0n) is 12.3. The van der Waals surface area contributed by atoms with Gasteiger partial charge in [0.25, 0.3) is 0 Å². The molecule has 2 saturated heterocycles. The largest absolute Gasteiger partial charge is 0.311 e. The van der Waals surface area contributed by atoms with E-state index >= 15 is 0 Å². The minimum Gasteiger partial charge on any atom is -0.311 e. The zero-order valence-corrected chi connectivity index (χ0v) is 13.1. The number of thioether (sulfide) groups is 1. The molecule has 2 fully saturated rings. The van der Waals surface area contributed by atoms with E-state index in [1.165, 1.54) is 43.0 Å². The molecule has 112 valence electrons. The summed E-state index contributed by atoms with van der Waals surface area (Å²) >= 11 is 2.10. The Balaban J connectivity index is 1.70. The first-order valence-electron chi connectivity index (χ1n) is 8.04. The number of imidazole rings is 1. The predicted octanol–water partition coefficient (Wildman–Crippen LogP) is 3.00. The van der Waals surface area contributed by atoms with Gasteiger partial charge in [-0.05, 0) is 61.8 Å². The summed E-state index contributed by atoms with van der Waals surface area (Å²) in [6.45, 7) is 2.19. The van der Waals surface area contributed by atoms with Crippen LogP contribution in [0.5, 0.6) is 0 Å². The normalized spacial score (nSPS) is 26.5. The number of nitrogens with zero attached hydrogens (tertiary/aromatic N) is 3. The third kappa shape index (κ3) is 2.69. The average Bonchev–Trinajstić information content (AvgIpc) is 3.16. The molecule has 2 aliphatic rings. The lowest BCUT2D eigenvalue weighted by atomic mass is 10.1. The Morgan fingerprint density at radius 3 is 3.14 bits per heavy atom. The van der Waals surface area contributed by atoms with Crippen molar-refractivity contribution in [2.75, 3.05) is 18.1 Å². The monoisotopic (exact) mass is 302 g/mol. The highest BCUT2D eigenvalue weighted by Crippen LogP contribution is 2.29. The molecule has 4 heterocycles. The lowest BCUT2D eigenvalue weighted by Crippen LogP contribution is -2.23. The van der Waals surface area contributed by atoms with Crippen molar-refractivity contribution in [2.24, 2.45) is 5.92 Å². The minimum atomic E-state index is 0.412. The molecule has 4 nitrogen and oxygen atoms in total. The van der Waals surface area contributed by atoms with Gasteiger partial charge in [0.05, 0.1) is 6.04 Å². The maximum Gasteiger partial charge on any atom is 0.160 e. The molecular weight excluding hydrogens is 280 g/mol. The van der Waals surface area contributed by atoms with Crippen LogP contribution < -0.4 is 5.32 Å². The molecule has 21 heavy (non-hydrogen) atoms. The van der Waals surface area contributed by atoms with Crippen LogP contribution in [-0.2, 0) is 6.54 Å². The van der Waals surface area contributed by atoms with E-state index < -0.39 is 0 Å². The summed E-state index contributed by atoms with van der Waals surface area (Å²) < 4.78 is 2.40. The summed E-state index contributed by atoms with van der Waals surface area (Å²) in [6.07, 6.45) is 7.04. The van der Waals surface area contributed by atoms with Crippen molar-refractivity contribution in [3.05, 3.63) is 24.2 Å². The molecular formula is C16H22N4S. The topological polar surface area (TPSA) is 42.7 Å². The first-order chi connectivity index (χ1) is 10.4. The Morgan fingerprint density at radius 2 is 2.33 bits per heavy atom. The van der Waals surface area contributed by atoms with Crippen LogP contribution in [0.2, 0.25) is 0 Å². The van der Waals surface area contributed by atoms with Gasteiger partial charge in [-0.1, -0.05) is 0 Å². The van der Waals surface area contributed by atoms with E-state index in [1.54, 1.807) is 0 Å². The molecule has 0 amide bonds. The number of hydrogen-bond donors (Lipinski definition) is 1. The second-order valence-corrected chi connectivity index (χ2v) is 7.31. The van der Waals surface area contributed by atoms with Crippen LogP contribution in [0.15, 0.2) is 18.3 Å². The van der Waals surface area contributed by atoms with E-state index in [4.69, 9.17) is 4.98 Å². The second-order valence-electron chi connectivity index (χ2n) is 6.16. The van der Waals surface area contributed by atoms with Crippen molar-refractivity contribution < 1.29 is 0 Å². The van der Waals surface area contributed by atoms with Gasteiger partial charge in [0.15, 0.2) is 5.65 Å². The van der Waals surface area contributed by atoms with Gasteiger partial charge < -0.3 is 9.88 Å². The molecule has 4 rings (SSSR count). The fraction of sp³-hybridized carbons (Fsp3) is 0.625. The van der Waals surface area contributed by atoms with Gasteiger partial charge in [0.1, 0.15) is 11.3 Å². The molecule has 0 aliphatic carbocycles. The van der Waals surface area contributed by atoms with Crippen LogP contribution in [-0.4, -0.2) is 32.6 Å². The van der Waals surface area contributed by atoms with Crippen LogP contribution in [0.25, 0.3) is 11.2 Å². The summed E-state index contributed by atoms with van der Waals surface area (Å²) in [5.41, 5.74) is 2.11. The molecule has 0 aromatic carbocycles. The van der Waals surface area contributed by atoms with E-state index in [0.29, 0.717) is 6.04 Å². The number of fused-ring (bicyclic) bond motifs is 1. The molecule has 0 radical (unpaired) electrons. The van der Waals surface area contributed by atoms with Gasteiger partial charge in [0, 0.05) is 12.7 Å². The molecule has 0 bridgehead atoms. The first kappa shape index (κ1) is 13.6. The molecule has 2 aromatic rings. The van der Waals surface area contributed by atoms with Crippen LogP contribution in [0.1, 0.15) is 37.5 Å². The van der Waals surface area contributed by atoms with Crippen LogP contribution in [0.3, 0.4) is 0 Å². The quantitative estimate of drug-likeness (QED) is 0.946. The second kappa shape index (κ2) is 5.97. The van der Waals surface area contributed by atoms with Crippen molar-refractivity contribution in [1.82, 2.24) is 19.9 Å². The van der Waals surface area contributed by atoms with Gasteiger partial charge in [-0.25, -0.2) is 9.97 Å². The summed E-state index contributed by atoms with van der Waals surface area (Å²) in [5.74, 6) is 4.58. The lowest BCUT2D eigenvalue weighted by molar-refractivity contribution is 0.429. The molecule has 2 aliphatic heterocycles. The number of aromatic nitrogens is 3. The Labute approximate surface area is 129 Å². The maximum atomic E-state index is 4.89. The summed E-state index contributed by atoms with van der Waals surface area (Å²) in [7, 11) is 0. The summed E-state index contributed by atoms with van der Waals surface area (Å²) in [5, 5.41) is 3.60. The molecule has 0 saturated carbocycles. The van der Waals surface area contributed by atoms with Crippen LogP contribution in [0, 0.1) is 5.92 Å². The molecule has 2 unspecified atom stereocenters. The summed E-state index contributed by atoms with van der Waals surface area (Å²) in [6, 6.07) is 4.49. The van der Waals surface area contributed by atoms with Crippen LogP contribution in [0.4, 0.5) is 0 Å². The van der Waals surface area contributed by atoms with Gasteiger partial charge in [-0.15, -0.1) is 0 Å². The Bertz CT molecular complexity index is 612. The van der Waals surface area contributed by atoms with E-state index in [2.05, 4.69) is 32.7 Å². The smallest absolute Gasteiger partial charge is 0.160 e. The van der Waals surface area contributed by atoms with Crippen molar-refractivity contribution in [1.29, 1.82) is 0 Å². The number of rotatable bonds is 3. The highest BCUT2D eigenvalue weighted by Gasteiger charge is 2.25. The fourth-order valence-electron chi connectivity index (χ4n) is 3.54. The van der Waals surface area contributed by atoms with Gasteiger partial charge in [-0.3, -0.25) is 0 Å². The van der Waals surface area contributed by atoms with Crippen molar-refractivity contribution in [2.45, 2.75) is 38.3 Å². The predicted molar refractivity (Wildman–Crippen MR) is 87.6 cm³/mol. The van der Waals surface area contributed by atoms with E-state index in [-0.39, 0.29) is 0 Å². The lowest BCUT2D eigenvalue weighted by Gasteiger charge is -2.23. The number of pyridine rings is 1. The number of nitrogens with one attached hydrogen (secondary N) is 1. The zero-order chi connectivity index (χ0) is 14.1. The van der Waals surface area contributed by atoms with E-state index in [9.17, 15) is 0 Å². The van der Waals surface area contributed by atoms with Crippen molar-refractivity contribution in [3.63, 3.8) is 0 Å². The molecule has 5 heteroatoms. The first-order valence-corrected chi connectivity index (χ1v) is 9.19. The van der Waals surface area contributed by atoms with E-state index in [1.807, 2.05) is 12.3 Å². The van der Waals surface area contributed by atoms with Gasteiger partial charge >= 0.3 is 0 Å². The fourth-order valence-corrected chi connectivity index (χ4v) is 4.68. The molecule has 0 spiro atoms. The van der Waals surface area contributed by atoms with Gasteiger partial charge in [-0.2, -0.15) is 11.8 Å². The number of hydrogen-bond acceptors (Lipinski definition) is 4. The van der Waals surface area contributed by atoms with E-state index in [0.717, 1.165) is 30.2 Å². The van der Waals surface area contributed by atoms with Crippen LogP contribution >= 0.6 is 11.8 Å². The molecule has 2 aromatic heterocycles. The van der Waals surface area contributed by atoms with Gasteiger partial charge in [0.2, 0.25) is 0 Å². The third-order valence-corrected chi connectivity index (χ3v) is 5.89. The van der Waals surface area contributed by atoms with Crippen molar-refractivity contribution >= 4 is 22.9 Å². The average molecular weight is 302 g/mol. The van der Waals surface area contributed by atoms with Crippen molar-refractivity contribution in [3.8, 4) is 0 Å². The Hall–Kier alpha value is -1.07.